The Morgan fingerprint density at radius 2 is 1.95 bits per heavy atom. The van der Waals surface area contributed by atoms with Crippen LogP contribution in [0.4, 0.5) is 5.69 Å². The standard InChI is InChI=1S/C14H18N2O4/c1-15(2)11-5-3-10(4-6-11)13(17)16-7-8-20-12(9-16)14(18)19/h3-6,12H,7-9H2,1-2H3,(H,18,19). The molecule has 0 radical (unpaired) electrons. The van der Waals surface area contributed by atoms with Crippen LogP contribution in [0.5, 0.6) is 0 Å². The number of nitrogens with zero attached hydrogens (tertiary/aromatic N) is 2. The Morgan fingerprint density at radius 3 is 2.50 bits per heavy atom. The fraction of sp³-hybridized carbons (Fsp3) is 0.429. The maximum Gasteiger partial charge on any atom is 0.334 e. The second kappa shape index (κ2) is 5.92. The highest BCUT2D eigenvalue weighted by atomic mass is 16.5. The van der Waals surface area contributed by atoms with E-state index in [1.807, 2.05) is 31.1 Å². The molecular weight excluding hydrogens is 260 g/mol. The first-order valence-electron chi connectivity index (χ1n) is 6.40. The molecule has 2 rings (SSSR count). The molecule has 1 fully saturated rings. The highest BCUT2D eigenvalue weighted by Crippen LogP contribution is 2.15. The lowest BCUT2D eigenvalue weighted by molar-refractivity contribution is -0.154. The number of morpholine rings is 1. The summed E-state index contributed by atoms with van der Waals surface area (Å²) in [5, 5.41) is 8.94. The molecule has 1 atom stereocenters. The maximum atomic E-state index is 12.3. The lowest BCUT2D eigenvalue weighted by atomic mass is 10.1. The van der Waals surface area contributed by atoms with Crippen molar-refractivity contribution in [3.63, 3.8) is 0 Å². The van der Waals surface area contributed by atoms with Gasteiger partial charge in [0.25, 0.3) is 5.91 Å². The largest absolute Gasteiger partial charge is 0.479 e. The van der Waals surface area contributed by atoms with E-state index in [1.54, 1.807) is 12.1 Å². The molecule has 1 unspecified atom stereocenters. The molecule has 1 heterocycles. The lowest BCUT2D eigenvalue weighted by Crippen LogP contribution is -2.48. The van der Waals surface area contributed by atoms with Gasteiger partial charge in [0.05, 0.1) is 13.2 Å². The molecule has 1 amide bonds. The molecule has 20 heavy (non-hydrogen) atoms. The molecule has 108 valence electrons. The fourth-order valence-corrected chi connectivity index (χ4v) is 2.07. The molecule has 1 aromatic rings. The minimum atomic E-state index is -1.04. The summed E-state index contributed by atoms with van der Waals surface area (Å²) < 4.78 is 5.11. The summed E-state index contributed by atoms with van der Waals surface area (Å²) in [6.07, 6.45) is -0.936. The van der Waals surface area contributed by atoms with Gasteiger partial charge in [0, 0.05) is 31.9 Å². The van der Waals surface area contributed by atoms with Gasteiger partial charge in [-0.2, -0.15) is 0 Å². The fourth-order valence-electron chi connectivity index (χ4n) is 2.07. The molecule has 1 N–H and O–H groups in total. The quantitative estimate of drug-likeness (QED) is 0.880. The van der Waals surface area contributed by atoms with Gasteiger partial charge in [0.15, 0.2) is 6.10 Å². The van der Waals surface area contributed by atoms with Crippen LogP contribution in [0.25, 0.3) is 0 Å². The smallest absolute Gasteiger partial charge is 0.334 e. The van der Waals surface area contributed by atoms with Crippen LogP contribution >= 0.6 is 0 Å². The molecule has 6 nitrogen and oxygen atoms in total. The lowest BCUT2D eigenvalue weighted by Gasteiger charge is -2.31. The van der Waals surface area contributed by atoms with E-state index in [9.17, 15) is 9.59 Å². The molecule has 0 saturated carbocycles. The zero-order valence-electron chi connectivity index (χ0n) is 11.6. The number of aliphatic carboxylic acids is 1. The van der Waals surface area contributed by atoms with Gasteiger partial charge in [0.2, 0.25) is 0 Å². The first-order chi connectivity index (χ1) is 9.49. The van der Waals surface area contributed by atoms with Crippen molar-refractivity contribution < 1.29 is 19.4 Å². The van der Waals surface area contributed by atoms with Gasteiger partial charge in [-0.1, -0.05) is 0 Å². The van der Waals surface area contributed by atoms with E-state index in [1.165, 1.54) is 4.90 Å². The molecule has 0 bridgehead atoms. The summed E-state index contributed by atoms with van der Waals surface area (Å²) in [7, 11) is 3.85. The highest BCUT2D eigenvalue weighted by molar-refractivity contribution is 5.95. The maximum absolute atomic E-state index is 12.3. The number of benzene rings is 1. The molecule has 1 saturated heterocycles. The van der Waals surface area contributed by atoms with E-state index in [2.05, 4.69) is 0 Å². The predicted molar refractivity (Wildman–Crippen MR) is 74.0 cm³/mol. The van der Waals surface area contributed by atoms with Crippen LogP contribution in [-0.4, -0.2) is 61.8 Å². The third kappa shape index (κ3) is 3.08. The van der Waals surface area contributed by atoms with E-state index in [-0.39, 0.29) is 19.1 Å². The Kier molecular flexibility index (Phi) is 4.24. The summed E-state index contributed by atoms with van der Waals surface area (Å²) in [5.74, 6) is -1.20. The highest BCUT2D eigenvalue weighted by Gasteiger charge is 2.29. The van der Waals surface area contributed by atoms with Crippen molar-refractivity contribution >= 4 is 17.6 Å². The molecule has 0 aliphatic carbocycles. The summed E-state index contributed by atoms with van der Waals surface area (Å²) in [6, 6.07) is 7.23. The van der Waals surface area contributed by atoms with Gasteiger partial charge in [-0.15, -0.1) is 0 Å². The van der Waals surface area contributed by atoms with E-state index >= 15 is 0 Å². The minimum absolute atomic E-state index is 0.0869. The topological polar surface area (TPSA) is 70.1 Å². The Bertz CT molecular complexity index is 498. The van der Waals surface area contributed by atoms with E-state index in [0.29, 0.717) is 12.1 Å². The molecule has 0 aromatic heterocycles. The minimum Gasteiger partial charge on any atom is -0.479 e. The van der Waals surface area contributed by atoms with Crippen LogP contribution in [0.1, 0.15) is 10.4 Å². The number of hydrogen-bond acceptors (Lipinski definition) is 4. The monoisotopic (exact) mass is 278 g/mol. The second-order valence-electron chi connectivity index (χ2n) is 4.89. The van der Waals surface area contributed by atoms with Crippen molar-refractivity contribution in [1.82, 2.24) is 4.90 Å². The average molecular weight is 278 g/mol. The molecule has 1 aromatic carbocycles. The Balaban J connectivity index is 2.08. The molecule has 0 spiro atoms. The van der Waals surface area contributed by atoms with Crippen LogP contribution < -0.4 is 4.90 Å². The average Bonchev–Trinajstić information content (AvgIpc) is 2.46. The van der Waals surface area contributed by atoms with Crippen LogP contribution in [-0.2, 0) is 9.53 Å². The number of ether oxygens (including phenoxy) is 1. The number of carbonyl (C=O) groups is 2. The van der Waals surface area contributed by atoms with E-state index < -0.39 is 12.1 Å². The van der Waals surface area contributed by atoms with Crippen LogP contribution in [0.3, 0.4) is 0 Å². The van der Waals surface area contributed by atoms with E-state index in [4.69, 9.17) is 9.84 Å². The number of hydrogen-bond donors (Lipinski definition) is 1. The van der Waals surface area contributed by atoms with Crippen LogP contribution in [0, 0.1) is 0 Å². The van der Waals surface area contributed by atoms with Gasteiger partial charge in [-0.05, 0) is 24.3 Å². The summed E-state index contributed by atoms with van der Waals surface area (Å²) in [5.41, 5.74) is 1.56. The summed E-state index contributed by atoms with van der Waals surface area (Å²) in [4.78, 5) is 26.7. The van der Waals surface area contributed by atoms with Gasteiger partial charge in [-0.25, -0.2) is 4.79 Å². The summed E-state index contributed by atoms with van der Waals surface area (Å²) >= 11 is 0. The normalized spacial score (nSPS) is 18.7. The Labute approximate surface area is 117 Å². The Hall–Kier alpha value is -2.08. The van der Waals surface area contributed by atoms with Gasteiger partial charge >= 0.3 is 5.97 Å². The predicted octanol–water partition coefficient (Wildman–Crippen LogP) is 0.678. The van der Waals surface area contributed by atoms with Gasteiger partial charge < -0.3 is 19.6 Å². The molecular formula is C14H18N2O4. The van der Waals surface area contributed by atoms with Crippen molar-refractivity contribution in [2.45, 2.75) is 6.10 Å². The number of amides is 1. The van der Waals surface area contributed by atoms with Crippen molar-refractivity contribution in [3.8, 4) is 0 Å². The summed E-state index contributed by atoms with van der Waals surface area (Å²) in [6.45, 7) is 0.750. The van der Waals surface area contributed by atoms with E-state index in [0.717, 1.165) is 5.69 Å². The van der Waals surface area contributed by atoms with Crippen molar-refractivity contribution in [2.24, 2.45) is 0 Å². The Morgan fingerprint density at radius 1 is 1.30 bits per heavy atom. The zero-order valence-corrected chi connectivity index (χ0v) is 11.6. The van der Waals surface area contributed by atoms with Crippen molar-refractivity contribution in [1.29, 1.82) is 0 Å². The SMILES string of the molecule is CN(C)c1ccc(C(=O)N2CCOC(C(=O)O)C2)cc1. The van der Waals surface area contributed by atoms with Crippen molar-refractivity contribution in [2.75, 3.05) is 38.7 Å². The molecule has 1 aliphatic heterocycles. The first-order valence-corrected chi connectivity index (χ1v) is 6.40. The van der Waals surface area contributed by atoms with Gasteiger partial charge in [0.1, 0.15) is 0 Å². The number of anilines is 1. The number of rotatable bonds is 3. The first kappa shape index (κ1) is 14.3. The van der Waals surface area contributed by atoms with Gasteiger partial charge in [-0.3, -0.25) is 4.79 Å². The number of carboxylic acid groups (broad SMARTS) is 1. The second-order valence-corrected chi connectivity index (χ2v) is 4.89. The van der Waals surface area contributed by atoms with Crippen LogP contribution in [0.15, 0.2) is 24.3 Å². The number of carbonyl (C=O) groups excluding carboxylic acids is 1. The third-order valence-electron chi connectivity index (χ3n) is 3.26. The zero-order chi connectivity index (χ0) is 14.7. The van der Waals surface area contributed by atoms with Crippen LogP contribution in [0.2, 0.25) is 0 Å². The molecule has 1 aliphatic rings. The van der Waals surface area contributed by atoms with Crippen molar-refractivity contribution in [3.05, 3.63) is 29.8 Å². The molecule has 6 heteroatoms. The number of carboxylic acids is 1. The third-order valence-corrected chi connectivity index (χ3v) is 3.26.